The van der Waals surface area contributed by atoms with Crippen LogP contribution in [0.1, 0.15) is 35.5 Å². The van der Waals surface area contributed by atoms with Crippen molar-refractivity contribution in [2.45, 2.75) is 33.7 Å². The molecule has 18 heavy (non-hydrogen) atoms. The predicted octanol–water partition coefficient (Wildman–Crippen LogP) is 2.96. The van der Waals surface area contributed by atoms with Crippen molar-refractivity contribution < 1.29 is 4.39 Å². The molecule has 0 saturated heterocycles. The fourth-order valence-corrected chi connectivity index (χ4v) is 2.00. The van der Waals surface area contributed by atoms with E-state index in [0.29, 0.717) is 5.56 Å². The van der Waals surface area contributed by atoms with E-state index in [-0.39, 0.29) is 11.9 Å². The number of aryl methyl sites for hydroxylation is 2. The van der Waals surface area contributed by atoms with E-state index in [1.165, 1.54) is 6.07 Å². The summed E-state index contributed by atoms with van der Waals surface area (Å²) in [6, 6.07) is 3.11. The Morgan fingerprint density at radius 3 is 2.44 bits per heavy atom. The predicted molar refractivity (Wildman–Crippen MR) is 70.3 cm³/mol. The Kier molecular flexibility index (Phi) is 3.22. The summed E-state index contributed by atoms with van der Waals surface area (Å²) < 4.78 is 15.6. The van der Waals surface area contributed by atoms with Gasteiger partial charge in [-0.15, -0.1) is 0 Å². The molecule has 0 aliphatic carbocycles. The molecule has 1 atom stereocenters. The number of halogens is 1. The molecule has 0 aliphatic heterocycles. The largest absolute Gasteiger partial charge is 0.324 e. The van der Waals surface area contributed by atoms with Gasteiger partial charge in [-0.3, -0.25) is 0 Å². The maximum absolute atomic E-state index is 13.7. The van der Waals surface area contributed by atoms with E-state index in [1.807, 2.05) is 31.4 Å². The molecule has 2 aromatic rings. The minimum Gasteiger partial charge on any atom is -0.324 e. The first-order chi connectivity index (χ1) is 8.41. The van der Waals surface area contributed by atoms with Crippen LogP contribution in [-0.4, -0.2) is 9.55 Å². The molecule has 1 unspecified atom stereocenters. The Bertz CT molecular complexity index is 585. The number of nitrogens with two attached hydrogens (primary N) is 1. The van der Waals surface area contributed by atoms with Gasteiger partial charge in [0.1, 0.15) is 5.82 Å². The number of hydrogen-bond acceptors (Lipinski definition) is 2. The van der Waals surface area contributed by atoms with E-state index in [0.717, 1.165) is 22.6 Å². The van der Waals surface area contributed by atoms with Crippen molar-refractivity contribution in [3.8, 4) is 5.69 Å². The van der Waals surface area contributed by atoms with Crippen LogP contribution in [0, 0.1) is 26.6 Å². The fourth-order valence-electron chi connectivity index (χ4n) is 2.00. The second kappa shape index (κ2) is 4.53. The van der Waals surface area contributed by atoms with E-state index >= 15 is 0 Å². The third-order valence-corrected chi connectivity index (χ3v) is 3.31. The molecule has 4 heteroatoms. The first-order valence-electron chi connectivity index (χ1n) is 5.98. The van der Waals surface area contributed by atoms with Crippen molar-refractivity contribution in [1.82, 2.24) is 9.55 Å². The summed E-state index contributed by atoms with van der Waals surface area (Å²) in [5.74, 6) is -0.222. The number of rotatable bonds is 2. The van der Waals surface area contributed by atoms with Gasteiger partial charge >= 0.3 is 0 Å². The fraction of sp³-hybridized carbons (Fsp3) is 0.357. The van der Waals surface area contributed by atoms with Crippen LogP contribution in [0.2, 0.25) is 0 Å². The van der Waals surface area contributed by atoms with Crippen LogP contribution in [0.5, 0.6) is 0 Å². The molecule has 0 saturated carbocycles. The summed E-state index contributed by atoms with van der Waals surface area (Å²) in [7, 11) is 0. The van der Waals surface area contributed by atoms with Gasteiger partial charge in [-0.25, -0.2) is 9.37 Å². The second-order valence-electron chi connectivity index (χ2n) is 4.73. The zero-order valence-electron chi connectivity index (χ0n) is 11.2. The van der Waals surface area contributed by atoms with Crippen molar-refractivity contribution in [3.63, 3.8) is 0 Å². The van der Waals surface area contributed by atoms with Crippen LogP contribution in [-0.2, 0) is 0 Å². The highest BCUT2D eigenvalue weighted by molar-refractivity contribution is 5.47. The molecule has 1 aromatic heterocycles. The van der Waals surface area contributed by atoms with Crippen molar-refractivity contribution >= 4 is 0 Å². The Morgan fingerprint density at radius 2 is 1.94 bits per heavy atom. The number of imidazole rings is 1. The number of benzene rings is 1. The molecular formula is C14H18FN3. The average molecular weight is 247 g/mol. The summed E-state index contributed by atoms with van der Waals surface area (Å²) in [6.45, 7) is 7.55. The van der Waals surface area contributed by atoms with E-state index in [2.05, 4.69) is 4.98 Å². The monoisotopic (exact) mass is 247 g/mol. The van der Waals surface area contributed by atoms with Gasteiger partial charge in [0.15, 0.2) is 0 Å². The highest BCUT2D eigenvalue weighted by Gasteiger charge is 2.14. The zero-order chi connectivity index (χ0) is 13.4. The van der Waals surface area contributed by atoms with E-state index < -0.39 is 0 Å². The minimum atomic E-state index is -0.225. The Morgan fingerprint density at radius 1 is 1.28 bits per heavy atom. The summed E-state index contributed by atoms with van der Waals surface area (Å²) in [5.41, 5.74) is 10.2. The highest BCUT2D eigenvalue weighted by Crippen LogP contribution is 2.25. The second-order valence-corrected chi connectivity index (χ2v) is 4.73. The summed E-state index contributed by atoms with van der Waals surface area (Å²) in [5, 5.41) is 0. The average Bonchev–Trinajstić information content (AvgIpc) is 2.63. The quantitative estimate of drug-likeness (QED) is 0.886. The van der Waals surface area contributed by atoms with Gasteiger partial charge in [-0.1, -0.05) is 0 Å². The van der Waals surface area contributed by atoms with E-state index in [4.69, 9.17) is 5.73 Å². The lowest BCUT2D eigenvalue weighted by Crippen LogP contribution is -2.11. The molecule has 2 rings (SSSR count). The Labute approximate surface area is 106 Å². The maximum atomic E-state index is 13.7. The third-order valence-electron chi connectivity index (χ3n) is 3.31. The molecule has 3 nitrogen and oxygen atoms in total. The van der Waals surface area contributed by atoms with Crippen LogP contribution in [0.4, 0.5) is 4.39 Å². The van der Waals surface area contributed by atoms with Crippen molar-refractivity contribution in [2.24, 2.45) is 5.73 Å². The molecule has 0 radical (unpaired) electrons. The Hall–Kier alpha value is -1.68. The highest BCUT2D eigenvalue weighted by atomic mass is 19.1. The van der Waals surface area contributed by atoms with Crippen LogP contribution >= 0.6 is 0 Å². The molecular weight excluding hydrogens is 229 g/mol. The van der Waals surface area contributed by atoms with Crippen LogP contribution in [0.3, 0.4) is 0 Å². The van der Waals surface area contributed by atoms with Gasteiger partial charge in [-0.2, -0.15) is 0 Å². The zero-order valence-corrected chi connectivity index (χ0v) is 11.2. The molecule has 0 aliphatic rings. The maximum Gasteiger partial charge on any atom is 0.126 e. The molecule has 0 fully saturated rings. The topological polar surface area (TPSA) is 43.8 Å². The smallest absolute Gasteiger partial charge is 0.126 e. The molecule has 1 aromatic carbocycles. The van der Waals surface area contributed by atoms with E-state index in [1.54, 1.807) is 13.3 Å². The van der Waals surface area contributed by atoms with Gasteiger partial charge < -0.3 is 10.3 Å². The lowest BCUT2D eigenvalue weighted by Gasteiger charge is -2.16. The van der Waals surface area contributed by atoms with Crippen LogP contribution < -0.4 is 5.73 Å². The van der Waals surface area contributed by atoms with Gasteiger partial charge in [0.25, 0.3) is 0 Å². The van der Waals surface area contributed by atoms with Gasteiger partial charge in [0.2, 0.25) is 0 Å². The van der Waals surface area contributed by atoms with Crippen LogP contribution in [0.25, 0.3) is 5.69 Å². The van der Waals surface area contributed by atoms with Crippen LogP contribution in [0.15, 0.2) is 18.5 Å². The van der Waals surface area contributed by atoms with Crippen molar-refractivity contribution in [1.29, 1.82) is 0 Å². The summed E-state index contributed by atoms with van der Waals surface area (Å²) in [6.07, 6.45) is 1.75. The van der Waals surface area contributed by atoms with Gasteiger partial charge in [0, 0.05) is 11.7 Å². The lowest BCUT2D eigenvalue weighted by molar-refractivity contribution is 0.612. The SMILES string of the molecule is Cc1cc(-n2cnc(C)c2C)c(C(C)N)cc1F. The minimum absolute atomic E-state index is 0.222. The standard InChI is InChI=1S/C14H18FN3/c1-8-5-14(12(9(2)16)6-13(8)15)18-7-17-10(3)11(18)4/h5-7,9H,16H2,1-4H3. The van der Waals surface area contributed by atoms with E-state index in [9.17, 15) is 4.39 Å². The van der Waals surface area contributed by atoms with Crippen molar-refractivity contribution in [3.05, 3.63) is 46.8 Å². The lowest BCUT2D eigenvalue weighted by atomic mass is 10.0. The molecule has 2 N–H and O–H groups in total. The number of aromatic nitrogens is 2. The number of hydrogen-bond donors (Lipinski definition) is 1. The first kappa shape index (κ1) is 12.8. The molecule has 0 spiro atoms. The Balaban J connectivity index is 2.70. The first-order valence-corrected chi connectivity index (χ1v) is 5.98. The summed E-state index contributed by atoms with van der Waals surface area (Å²) >= 11 is 0. The number of nitrogens with zero attached hydrogens (tertiary/aromatic N) is 2. The van der Waals surface area contributed by atoms with Gasteiger partial charge in [0.05, 0.1) is 17.7 Å². The normalized spacial score (nSPS) is 12.8. The molecule has 0 amide bonds. The third kappa shape index (κ3) is 2.04. The van der Waals surface area contributed by atoms with Gasteiger partial charge in [-0.05, 0) is 51.0 Å². The molecule has 96 valence electrons. The molecule has 1 heterocycles. The van der Waals surface area contributed by atoms with Crippen molar-refractivity contribution in [2.75, 3.05) is 0 Å². The summed E-state index contributed by atoms with van der Waals surface area (Å²) in [4.78, 5) is 4.27. The molecule has 0 bridgehead atoms.